The Morgan fingerprint density at radius 1 is 1.43 bits per heavy atom. The molecule has 6 nitrogen and oxygen atoms in total. The fourth-order valence-electron chi connectivity index (χ4n) is 2.20. The van der Waals surface area contributed by atoms with Gasteiger partial charge >= 0.3 is 6.03 Å². The molecule has 124 valence electrons. The maximum atomic E-state index is 11.9. The summed E-state index contributed by atoms with van der Waals surface area (Å²) in [4.78, 5) is 16.4. The number of amides is 2. The van der Waals surface area contributed by atoms with Gasteiger partial charge in [-0.1, -0.05) is 20.8 Å². The van der Waals surface area contributed by atoms with Crippen molar-refractivity contribution in [3.05, 3.63) is 24.1 Å². The first-order chi connectivity index (χ1) is 10.8. The van der Waals surface area contributed by atoms with E-state index in [2.05, 4.69) is 15.6 Å². The van der Waals surface area contributed by atoms with Crippen LogP contribution in [0.4, 0.5) is 10.5 Å². The lowest BCUT2D eigenvalue weighted by Gasteiger charge is -2.25. The molecule has 2 amide bonds. The first-order valence-corrected chi connectivity index (χ1v) is 7.96. The number of fused-ring (bicyclic) bond motifs is 1. The van der Waals surface area contributed by atoms with Crippen LogP contribution in [-0.2, 0) is 0 Å². The molecule has 1 heterocycles. The number of nitrogens with zero attached hydrogens (tertiary/aromatic N) is 1. The standard InChI is InChI=1S/C17H23N3O3/c1-17(2,3)14(21)9-18-16(22)19-11-6-7-12-13(8-11)23-15(20-12)10-4-5-10/h6-8,10,14,21H,4-5,9H2,1-3H3,(H2,18,19,22). The summed E-state index contributed by atoms with van der Waals surface area (Å²) >= 11 is 0. The third-order valence-corrected chi connectivity index (χ3v) is 4.05. The Hall–Kier alpha value is -2.08. The lowest BCUT2D eigenvalue weighted by molar-refractivity contribution is 0.0654. The smallest absolute Gasteiger partial charge is 0.319 e. The molecule has 0 spiro atoms. The highest BCUT2D eigenvalue weighted by molar-refractivity contribution is 5.91. The lowest BCUT2D eigenvalue weighted by atomic mass is 9.89. The Balaban J connectivity index is 1.60. The molecule has 1 fully saturated rings. The van der Waals surface area contributed by atoms with Gasteiger partial charge in [0.15, 0.2) is 11.5 Å². The summed E-state index contributed by atoms with van der Waals surface area (Å²) in [5, 5.41) is 15.4. The third kappa shape index (κ3) is 3.82. The summed E-state index contributed by atoms with van der Waals surface area (Å²) in [5.74, 6) is 1.25. The predicted molar refractivity (Wildman–Crippen MR) is 88.5 cm³/mol. The summed E-state index contributed by atoms with van der Waals surface area (Å²) in [6.07, 6.45) is 1.67. The molecule has 1 atom stereocenters. The average Bonchev–Trinajstić information content (AvgIpc) is 3.23. The molecule has 0 saturated heterocycles. The van der Waals surface area contributed by atoms with Gasteiger partial charge in [0.25, 0.3) is 0 Å². The number of hydrogen-bond donors (Lipinski definition) is 3. The molecule has 1 unspecified atom stereocenters. The monoisotopic (exact) mass is 317 g/mol. The molecule has 23 heavy (non-hydrogen) atoms. The van der Waals surface area contributed by atoms with Crippen LogP contribution in [0.3, 0.4) is 0 Å². The van der Waals surface area contributed by atoms with E-state index in [1.54, 1.807) is 12.1 Å². The second-order valence-corrected chi connectivity index (χ2v) is 7.23. The van der Waals surface area contributed by atoms with Gasteiger partial charge in [0.1, 0.15) is 5.52 Å². The quantitative estimate of drug-likeness (QED) is 0.808. The number of rotatable bonds is 4. The second kappa shape index (κ2) is 5.85. The van der Waals surface area contributed by atoms with E-state index < -0.39 is 6.10 Å². The van der Waals surface area contributed by atoms with Gasteiger partial charge in [-0.05, 0) is 30.4 Å². The minimum Gasteiger partial charge on any atom is -0.440 e. The van der Waals surface area contributed by atoms with Gasteiger partial charge in [-0.25, -0.2) is 9.78 Å². The predicted octanol–water partition coefficient (Wildman–Crippen LogP) is 3.23. The molecule has 1 saturated carbocycles. The Morgan fingerprint density at radius 2 is 2.17 bits per heavy atom. The summed E-state index contributed by atoms with van der Waals surface area (Å²) in [7, 11) is 0. The third-order valence-electron chi connectivity index (χ3n) is 4.05. The molecule has 1 aliphatic rings. The van der Waals surface area contributed by atoms with Crippen molar-refractivity contribution >= 4 is 22.8 Å². The average molecular weight is 317 g/mol. The zero-order valence-corrected chi connectivity index (χ0v) is 13.7. The number of urea groups is 1. The number of aromatic nitrogens is 1. The number of aliphatic hydroxyl groups is 1. The van der Waals surface area contributed by atoms with Crippen molar-refractivity contribution in [1.29, 1.82) is 0 Å². The Morgan fingerprint density at radius 3 is 2.83 bits per heavy atom. The van der Waals surface area contributed by atoms with E-state index in [0.29, 0.717) is 17.2 Å². The van der Waals surface area contributed by atoms with Crippen molar-refractivity contribution in [3.63, 3.8) is 0 Å². The number of anilines is 1. The maximum Gasteiger partial charge on any atom is 0.319 e. The van der Waals surface area contributed by atoms with Gasteiger partial charge in [0.05, 0.1) is 6.10 Å². The molecule has 2 aromatic rings. The first kappa shape index (κ1) is 15.8. The minimum absolute atomic E-state index is 0.200. The molecule has 1 aromatic carbocycles. The number of carbonyl (C=O) groups excluding carboxylic acids is 1. The molecule has 6 heteroatoms. The Kier molecular flexibility index (Phi) is 4.02. The van der Waals surface area contributed by atoms with Crippen molar-refractivity contribution < 1.29 is 14.3 Å². The summed E-state index contributed by atoms with van der Waals surface area (Å²) in [6, 6.07) is 5.05. The minimum atomic E-state index is -0.605. The van der Waals surface area contributed by atoms with Crippen LogP contribution < -0.4 is 10.6 Å². The van der Waals surface area contributed by atoms with Gasteiger partial charge in [-0.3, -0.25) is 0 Å². The zero-order valence-electron chi connectivity index (χ0n) is 13.7. The Labute approximate surface area is 135 Å². The summed E-state index contributed by atoms with van der Waals surface area (Å²) in [6.45, 7) is 5.97. The van der Waals surface area contributed by atoms with Crippen LogP contribution >= 0.6 is 0 Å². The van der Waals surface area contributed by atoms with E-state index >= 15 is 0 Å². The van der Waals surface area contributed by atoms with E-state index in [-0.39, 0.29) is 18.0 Å². The van der Waals surface area contributed by atoms with Crippen LogP contribution in [0.15, 0.2) is 22.6 Å². The van der Waals surface area contributed by atoms with Crippen LogP contribution in [0.1, 0.15) is 45.4 Å². The lowest BCUT2D eigenvalue weighted by Crippen LogP contribution is -2.40. The highest BCUT2D eigenvalue weighted by Crippen LogP contribution is 2.40. The number of nitrogens with one attached hydrogen (secondary N) is 2. The van der Waals surface area contributed by atoms with Gasteiger partial charge in [0.2, 0.25) is 0 Å². The van der Waals surface area contributed by atoms with Crippen molar-refractivity contribution in [3.8, 4) is 0 Å². The second-order valence-electron chi connectivity index (χ2n) is 7.23. The maximum absolute atomic E-state index is 11.9. The van der Waals surface area contributed by atoms with E-state index in [9.17, 15) is 9.90 Å². The molecule has 1 aliphatic carbocycles. The molecular weight excluding hydrogens is 294 g/mol. The van der Waals surface area contributed by atoms with Crippen molar-refractivity contribution in [2.45, 2.75) is 45.6 Å². The van der Waals surface area contributed by atoms with Gasteiger partial charge in [-0.2, -0.15) is 0 Å². The number of carbonyl (C=O) groups is 1. The van der Waals surface area contributed by atoms with E-state index in [0.717, 1.165) is 24.2 Å². The fraction of sp³-hybridized carbons (Fsp3) is 0.529. The Bertz CT molecular complexity index is 713. The number of aliphatic hydroxyl groups excluding tert-OH is 1. The highest BCUT2D eigenvalue weighted by atomic mass is 16.3. The normalized spacial score (nSPS) is 16.3. The molecule has 1 aromatic heterocycles. The number of oxazole rings is 1. The van der Waals surface area contributed by atoms with Crippen LogP contribution in [0.2, 0.25) is 0 Å². The SMILES string of the molecule is CC(C)(C)C(O)CNC(=O)Nc1ccc2nc(C3CC3)oc2c1. The summed E-state index contributed by atoms with van der Waals surface area (Å²) < 4.78 is 5.73. The van der Waals surface area contributed by atoms with Crippen LogP contribution in [-0.4, -0.2) is 28.8 Å². The topological polar surface area (TPSA) is 87.4 Å². The summed E-state index contributed by atoms with van der Waals surface area (Å²) in [5.41, 5.74) is 1.85. The van der Waals surface area contributed by atoms with Crippen LogP contribution in [0, 0.1) is 5.41 Å². The number of benzene rings is 1. The van der Waals surface area contributed by atoms with E-state index in [1.807, 2.05) is 26.8 Å². The molecular formula is C17H23N3O3. The highest BCUT2D eigenvalue weighted by Gasteiger charge is 2.29. The molecule has 0 radical (unpaired) electrons. The first-order valence-electron chi connectivity index (χ1n) is 7.96. The van der Waals surface area contributed by atoms with Crippen molar-refractivity contribution in [1.82, 2.24) is 10.3 Å². The van der Waals surface area contributed by atoms with Gasteiger partial charge in [-0.15, -0.1) is 0 Å². The largest absolute Gasteiger partial charge is 0.440 e. The fourth-order valence-corrected chi connectivity index (χ4v) is 2.20. The molecule has 0 bridgehead atoms. The molecule has 3 N–H and O–H groups in total. The van der Waals surface area contributed by atoms with Crippen LogP contribution in [0.5, 0.6) is 0 Å². The van der Waals surface area contributed by atoms with Crippen LogP contribution in [0.25, 0.3) is 11.1 Å². The van der Waals surface area contributed by atoms with Gasteiger partial charge < -0.3 is 20.2 Å². The zero-order chi connectivity index (χ0) is 16.6. The number of hydrogen-bond acceptors (Lipinski definition) is 4. The van der Waals surface area contributed by atoms with Crippen molar-refractivity contribution in [2.75, 3.05) is 11.9 Å². The van der Waals surface area contributed by atoms with E-state index in [1.165, 1.54) is 0 Å². The molecule has 0 aliphatic heterocycles. The van der Waals surface area contributed by atoms with Gasteiger partial charge in [0, 0.05) is 24.2 Å². The van der Waals surface area contributed by atoms with E-state index in [4.69, 9.17) is 4.42 Å². The molecule has 3 rings (SSSR count). The van der Waals surface area contributed by atoms with Crippen molar-refractivity contribution in [2.24, 2.45) is 5.41 Å².